The van der Waals surface area contributed by atoms with Crippen LogP contribution in [0.4, 0.5) is 4.79 Å². The van der Waals surface area contributed by atoms with Crippen LogP contribution in [0.1, 0.15) is 31.9 Å². The van der Waals surface area contributed by atoms with Crippen molar-refractivity contribution in [2.75, 3.05) is 6.61 Å². The summed E-state index contributed by atoms with van der Waals surface area (Å²) in [5.74, 6) is -0.563. The number of hydrogen-bond donors (Lipinski definition) is 0. The molecule has 1 aliphatic rings. The van der Waals surface area contributed by atoms with E-state index in [4.69, 9.17) is 9.47 Å². The molecule has 5 heteroatoms. The zero-order chi connectivity index (χ0) is 20.8. The van der Waals surface area contributed by atoms with E-state index in [0.717, 1.165) is 11.1 Å². The average molecular weight is 395 g/mol. The van der Waals surface area contributed by atoms with E-state index in [1.807, 2.05) is 81.4 Å². The van der Waals surface area contributed by atoms with Gasteiger partial charge in [0.1, 0.15) is 6.61 Å². The third kappa shape index (κ3) is 5.24. The predicted molar refractivity (Wildman–Crippen MR) is 111 cm³/mol. The van der Waals surface area contributed by atoms with E-state index in [2.05, 4.69) is 0 Å². The van der Waals surface area contributed by atoms with Gasteiger partial charge in [0.05, 0.1) is 24.7 Å². The minimum Gasteiger partial charge on any atom is -0.447 e. The average Bonchev–Trinajstić information content (AvgIpc) is 3.08. The Morgan fingerprint density at radius 3 is 2.21 bits per heavy atom. The van der Waals surface area contributed by atoms with Gasteiger partial charge in [-0.3, -0.25) is 4.79 Å². The Labute approximate surface area is 172 Å². The monoisotopic (exact) mass is 395 g/mol. The van der Waals surface area contributed by atoms with Crippen molar-refractivity contribution in [3.8, 4) is 0 Å². The minimum atomic E-state index is -0.562. The molecule has 154 valence electrons. The molecule has 0 N–H and O–H groups in total. The number of rotatable bonds is 8. The van der Waals surface area contributed by atoms with Gasteiger partial charge in [0.25, 0.3) is 0 Å². The van der Waals surface area contributed by atoms with Gasteiger partial charge < -0.3 is 9.47 Å². The van der Waals surface area contributed by atoms with Crippen LogP contribution in [0.3, 0.4) is 0 Å². The highest BCUT2D eigenvalue weighted by atomic mass is 16.6. The van der Waals surface area contributed by atoms with Crippen LogP contribution in [0, 0.1) is 11.8 Å². The van der Waals surface area contributed by atoms with E-state index in [-0.39, 0.29) is 30.6 Å². The summed E-state index contributed by atoms with van der Waals surface area (Å²) in [5.41, 5.74) is 2.13. The van der Waals surface area contributed by atoms with Gasteiger partial charge in [-0.15, -0.1) is 0 Å². The molecule has 2 aromatic rings. The molecule has 1 saturated heterocycles. The fraction of sp³-hybridized carbons (Fsp3) is 0.417. The van der Waals surface area contributed by atoms with Crippen LogP contribution >= 0.6 is 0 Å². The summed E-state index contributed by atoms with van der Waals surface area (Å²) < 4.78 is 11.3. The van der Waals surface area contributed by atoms with Crippen LogP contribution in [-0.2, 0) is 27.3 Å². The molecule has 2 amide bonds. The van der Waals surface area contributed by atoms with E-state index in [1.165, 1.54) is 4.90 Å². The molecule has 0 aromatic heterocycles. The Kier molecular flexibility index (Phi) is 7.04. The van der Waals surface area contributed by atoms with Crippen molar-refractivity contribution in [2.45, 2.75) is 45.9 Å². The van der Waals surface area contributed by atoms with Crippen LogP contribution in [0.15, 0.2) is 60.7 Å². The van der Waals surface area contributed by atoms with Crippen LogP contribution in [0.5, 0.6) is 0 Å². The molecule has 3 atom stereocenters. The zero-order valence-corrected chi connectivity index (χ0v) is 17.3. The second-order valence-corrected chi connectivity index (χ2v) is 7.92. The van der Waals surface area contributed by atoms with Crippen LogP contribution in [0.25, 0.3) is 0 Å². The van der Waals surface area contributed by atoms with Crippen molar-refractivity contribution in [3.63, 3.8) is 0 Å². The Bertz CT molecular complexity index is 806. The summed E-state index contributed by atoms with van der Waals surface area (Å²) >= 11 is 0. The highest BCUT2D eigenvalue weighted by Crippen LogP contribution is 2.25. The number of nitrogens with zero attached hydrogens (tertiary/aromatic N) is 1. The first-order valence-corrected chi connectivity index (χ1v) is 10.2. The number of amides is 2. The quantitative estimate of drug-likeness (QED) is 0.662. The second kappa shape index (κ2) is 9.70. The Morgan fingerprint density at radius 1 is 1.03 bits per heavy atom. The number of cyclic esters (lactones) is 1. The minimum absolute atomic E-state index is 0.129. The van der Waals surface area contributed by atoms with Gasteiger partial charge in [-0.1, -0.05) is 81.4 Å². The largest absolute Gasteiger partial charge is 0.447 e. The van der Waals surface area contributed by atoms with Crippen molar-refractivity contribution >= 4 is 12.0 Å². The molecule has 0 spiro atoms. The fourth-order valence-corrected chi connectivity index (χ4v) is 3.81. The molecular formula is C24H29NO4. The summed E-state index contributed by atoms with van der Waals surface area (Å²) in [6.45, 7) is 6.55. The standard InChI is InChI=1S/C24H29NO4/c1-17(2)22(28-15-20-12-8-5-9-13-20)18(3)23(26)25-21(16-29-24(25)27)14-19-10-6-4-7-11-19/h4-13,17-18,21-22H,14-16H2,1-3H3/t18-,21-,22+/m1/s1. The number of carbonyl (C=O) groups is 2. The predicted octanol–water partition coefficient (Wildman–Crippen LogP) is 4.45. The summed E-state index contributed by atoms with van der Waals surface area (Å²) in [7, 11) is 0. The molecule has 1 heterocycles. The first kappa shape index (κ1) is 21.1. The highest BCUT2D eigenvalue weighted by Gasteiger charge is 2.42. The van der Waals surface area contributed by atoms with Gasteiger partial charge in [0.15, 0.2) is 0 Å². The number of carbonyl (C=O) groups excluding carboxylic acids is 2. The molecule has 0 unspecified atom stereocenters. The normalized spacial score (nSPS) is 18.6. The molecule has 3 rings (SSSR count). The number of ether oxygens (including phenoxy) is 2. The van der Waals surface area contributed by atoms with E-state index >= 15 is 0 Å². The lowest BCUT2D eigenvalue weighted by Gasteiger charge is -2.30. The SMILES string of the molecule is CC(C)[C@H](OCc1ccccc1)[C@@H](C)C(=O)N1C(=O)OC[C@H]1Cc1ccccc1. The summed E-state index contributed by atoms with van der Waals surface area (Å²) in [6.07, 6.45) is -0.274. The smallest absolute Gasteiger partial charge is 0.416 e. The molecule has 1 aliphatic heterocycles. The maximum Gasteiger partial charge on any atom is 0.416 e. The molecule has 0 bridgehead atoms. The highest BCUT2D eigenvalue weighted by molar-refractivity contribution is 5.95. The van der Waals surface area contributed by atoms with E-state index in [9.17, 15) is 9.59 Å². The zero-order valence-electron chi connectivity index (χ0n) is 17.3. The number of hydrogen-bond acceptors (Lipinski definition) is 4. The maximum atomic E-state index is 13.3. The van der Waals surface area contributed by atoms with Crippen molar-refractivity contribution in [2.24, 2.45) is 11.8 Å². The molecular weight excluding hydrogens is 366 g/mol. The van der Waals surface area contributed by atoms with Crippen molar-refractivity contribution < 1.29 is 19.1 Å². The summed E-state index contributed by atoms with van der Waals surface area (Å²) in [5, 5.41) is 0. The molecule has 0 aliphatic carbocycles. The van der Waals surface area contributed by atoms with Crippen molar-refractivity contribution in [1.82, 2.24) is 4.90 Å². The van der Waals surface area contributed by atoms with E-state index in [0.29, 0.717) is 13.0 Å². The van der Waals surface area contributed by atoms with Crippen molar-refractivity contribution in [1.29, 1.82) is 0 Å². The third-order valence-electron chi connectivity index (χ3n) is 5.34. The summed E-state index contributed by atoms with van der Waals surface area (Å²) in [4.78, 5) is 26.9. The lowest BCUT2D eigenvalue weighted by atomic mass is 9.92. The Morgan fingerprint density at radius 2 is 1.62 bits per heavy atom. The van der Waals surface area contributed by atoms with Gasteiger partial charge in [-0.25, -0.2) is 9.69 Å². The topological polar surface area (TPSA) is 55.8 Å². The maximum absolute atomic E-state index is 13.3. The fourth-order valence-electron chi connectivity index (χ4n) is 3.81. The van der Waals surface area contributed by atoms with Crippen LogP contribution in [-0.4, -0.2) is 35.7 Å². The third-order valence-corrected chi connectivity index (χ3v) is 5.34. The summed E-state index contributed by atoms with van der Waals surface area (Å²) in [6, 6.07) is 19.4. The van der Waals surface area contributed by atoms with Crippen LogP contribution < -0.4 is 0 Å². The van der Waals surface area contributed by atoms with E-state index < -0.39 is 12.0 Å². The molecule has 5 nitrogen and oxygen atoms in total. The molecule has 1 fully saturated rings. The second-order valence-electron chi connectivity index (χ2n) is 7.92. The molecule has 29 heavy (non-hydrogen) atoms. The first-order valence-electron chi connectivity index (χ1n) is 10.2. The van der Waals surface area contributed by atoms with Gasteiger partial charge in [-0.05, 0) is 23.5 Å². The van der Waals surface area contributed by atoms with Gasteiger partial charge >= 0.3 is 6.09 Å². The van der Waals surface area contributed by atoms with Crippen molar-refractivity contribution in [3.05, 3.63) is 71.8 Å². The number of benzene rings is 2. The van der Waals surface area contributed by atoms with Gasteiger partial charge in [0, 0.05) is 0 Å². The molecule has 2 aromatic carbocycles. The van der Waals surface area contributed by atoms with Gasteiger partial charge in [0.2, 0.25) is 5.91 Å². The van der Waals surface area contributed by atoms with Gasteiger partial charge in [-0.2, -0.15) is 0 Å². The van der Waals surface area contributed by atoms with E-state index in [1.54, 1.807) is 0 Å². The Balaban J connectivity index is 1.70. The Hall–Kier alpha value is -2.66. The molecule has 0 saturated carbocycles. The lowest BCUT2D eigenvalue weighted by Crippen LogP contribution is -2.47. The first-order chi connectivity index (χ1) is 14.0. The molecule has 0 radical (unpaired) electrons. The number of imide groups is 1. The lowest BCUT2D eigenvalue weighted by molar-refractivity contribution is -0.140. The van der Waals surface area contributed by atoms with Crippen LogP contribution in [0.2, 0.25) is 0 Å².